The Morgan fingerprint density at radius 3 is 3.06 bits per heavy atom. The van der Waals surface area contributed by atoms with Gasteiger partial charge in [0.15, 0.2) is 5.82 Å². The number of hydrogen-bond acceptors (Lipinski definition) is 3. The number of aromatic nitrogens is 2. The molecule has 1 saturated heterocycles. The summed E-state index contributed by atoms with van der Waals surface area (Å²) < 4.78 is 1.55. The standard InChI is InChI=1S/C11H16ClN3O/c1-8-3-5-15(9(8)7-12)10-11(16)14(2)6-4-13-10/h4,6,8-9H,3,5,7H2,1-2H3. The molecule has 1 fully saturated rings. The largest absolute Gasteiger partial charge is 0.348 e. The van der Waals surface area contributed by atoms with E-state index in [4.69, 9.17) is 11.6 Å². The second-order valence-corrected chi connectivity index (χ2v) is 4.66. The van der Waals surface area contributed by atoms with E-state index in [0.29, 0.717) is 17.6 Å². The molecule has 4 nitrogen and oxygen atoms in total. The van der Waals surface area contributed by atoms with Crippen molar-refractivity contribution in [1.82, 2.24) is 9.55 Å². The van der Waals surface area contributed by atoms with Crippen LogP contribution < -0.4 is 10.5 Å². The third-order valence-corrected chi connectivity index (χ3v) is 3.63. The van der Waals surface area contributed by atoms with Crippen LogP contribution in [0.25, 0.3) is 0 Å². The molecule has 16 heavy (non-hydrogen) atoms. The Morgan fingerprint density at radius 2 is 2.38 bits per heavy atom. The van der Waals surface area contributed by atoms with E-state index >= 15 is 0 Å². The molecule has 0 saturated carbocycles. The van der Waals surface area contributed by atoms with Crippen molar-refractivity contribution in [2.45, 2.75) is 19.4 Å². The number of halogens is 1. The molecule has 2 rings (SSSR count). The molecule has 88 valence electrons. The monoisotopic (exact) mass is 241 g/mol. The molecular formula is C11H16ClN3O. The SMILES string of the molecule is CC1CCN(c2nccn(C)c2=O)C1CCl. The van der Waals surface area contributed by atoms with Crippen molar-refractivity contribution >= 4 is 17.4 Å². The van der Waals surface area contributed by atoms with Gasteiger partial charge in [0, 0.05) is 37.9 Å². The maximum atomic E-state index is 11.9. The van der Waals surface area contributed by atoms with Crippen molar-refractivity contribution < 1.29 is 0 Å². The number of nitrogens with zero attached hydrogens (tertiary/aromatic N) is 3. The first-order valence-corrected chi connectivity index (χ1v) is 6.03. The van der Waals surface area contributed by atoms with E-state index in [9.17, 15) is 4.79 Å². The van der Waals surface area contributed by atoms with Crippen LogP contribution in [-0.2, 0) is 7.05 Å². The van der Waals surface area contributed by atoms with Gasteiger partial charge in [0.2, 0.25) is 0 Å². The predicted octanol–water partition coefficient (Wildman–Crippen LogP) is 1.23. The van der Waals surface area contributed by atoms with Gasteiger partial charge >= 0.3 is 0 Å². The van der Waals surface area contributed by atoms with Gasteiger partial charge in [-0.05, 0) is 12.3 Å². The van der Waals surface area contributed by atoms with Crippen LogP contribution in [0.5, 0.6) is 0 Å². The summed E-state index contributed by atoms with van der Waals surface area (Å²) in [6, 6.07) is 0.226. The summed E-state index contributed by atoms with van der Waals surface area (Å²) in [6.45, 7) is 3.03. The Morgan fingerprint density at radius 1 is 1.62 bits per heavy atom. The smallest absolute Gasteiger partial charge is 0.293 e. The molecule has 0 spiro atoms. The van der Waals surface area contributed by atoms with Crippen LogP contribution in [0.2, 0.25) is 0 Å². The highest BCUT2D eigenvalue weighted by Gasteiger charge is 2.32. The van der Waals surface area contributed by atoms with Gasteiger partial charge < -0.3 is 9.47 Å². The van der Waals surface area contributed by atoms with Crippen molar-refractivity contribution in [2.75, 3.05) is 17.3 Å². The lowest BCUT2D eigenvalue weighted by atomic mass is 10.1. The molecule has 0 N–H and O–H groups in total. The fourth-order valence-electron chi connectivity index (χ4n) is 2.19. The molecular weight excluding hydrogens is 226 g/mol. The summed E-state index contributed by atoms with van der Waals surface area (Å²) in [5.41, 5.74) is -0.0493. The van der Waals surface area contributed by atoms with Gasteiger partial charge in [-0.3, -0.25) is 4.79 Å². The highest BCUT2D eigenvalue weighted by molar-refractivity contribution is 6.18. The van der Waals surface area contributed by atoms with E-state index in [-0.39, 0.29) is 11.6 Å². The molecule has 1 aliphatic heterocycles. The minimum absolute atomic E-state index is 0.0493. The number of hydrogen-bond donors (Lipinski definition) is 0. The van der Waals surface area contributed by atoms with Crippen molar-refractivity contribution in [2.24, 2.45) is 13.0 Å². The van der Waals surface area contributed by atoms with Crippen LogP contribution in [0.3, 0.4) is 0 Å². The molecule has 0 aliphatic carbocycles. The molecule has 1 aliphatic rings. The molecule has 2 heterocycles. The van der Waals surface area contributed by atoms with Gasteiger partial charge in [-0.25, -0.2) is 4.98 Å². The average molecular weight is 242 g/mol. The molecule has 2 atom stereocenters. The Hall–Kier alpha value is -1.03. The zero-order valence-electron chi connectivity index (χ0n) is 9.56. The average Bonchev–Trinajstić information content (AvgIpc) is 2.63. The van der Waals surface area contributed by atoms with Crippen LogP contribution in [0, 0.1) is 5.92 Å². The van der Waals surface area contributed by atoms with Gasteiger partial charge in [-0.15, -0.1) is 11.6 Å². The van der Waals surface area contributed by atoms with Gasteiger partial charge in [-0.1, -0.05) is 6.92 Å². The lowest BCUT2D eigenvalue weighted by molar-refractivity contribution is 0.547. The summed E-state index contributed by atoms with van der Waals surface area (Å²) in [4.78, 5) is 18.2. The fraction of sp³-hybridized carbons (Fsp3) is 0.636. The van der Waals surface area contributed by atoms with Crippen LogP contribution >= 0.6 is 11.6 Å². The summed E-state index contributed by atoms with van der Waals surface area (Å²) in [6.07, 6.45) is 4.39. The zero-order valence-corrected chi connectivity index (χ0v) is 10.3. The fourth-order valence-corrected chi connectivity index (χ4v) is 2.66. The van der Waals surface area contributed by atoms with Gasteiger partial charge in [0.1, 0.15) is 0 Å². The summed E-state index contributed by atoms with van der Waals surface area (Å²) in [5, 5.41) is 0. The Bertz CT molecular complexity index is 431. The van der Waals surface area contributed by atoms with Gasteiger partial charge in [-0.2, -0.15) is 0 Å². The normalized spacial score (nSPS) is 25.1. The minimum atomic E-state index is -0.0493. The molecule has 1 aromatic rings. The maximum Gasteiger partial charge on any atom is 0.293 e. The van der Waals surface area contributed by atoms with E-state index in [1.807, 2.05) is 4.90 Å². The lowest BCUT2D eigenvalue weighted by Crippen LogP contribution is -2.39. The Kier molecular flexibility index (Phi) is 3.19. The minimum Gasteiger partial charge on any atom is -0.348 e. The van der Waals surface area contributed by atoms with Crippen molar-refractivity contribution in [3.05, 3.63) is 22.7 Å². The second-order valence-electron chi connectivity index (χ2n) is 4.35. The zero-order chi connectivity index (χ0) is 11.7. The van der Waals surface area contributed by atoms with E-state index in [1.54, 1.807) is 24.0 Å². The van der Waals surface area contributed by atoms with Crippen molar-refractivity contribution in [3.63, 3.8) is 0 Å². The Balaban J connectivity index is 2.38. The van der Waals surface area contributed by atoms with E-state index < -0.39 is 0 Å². The third-order valence-electron chi connectivity index (χ3n) is 3.31. The molecule has 0 amide bonds. The molecule has 0 bridgehead atoms. The molecule has 0 aromatic carbocycles. The Labute approximate surface area is 99.9 Å². The van der Waals surface area contributed by atoms with Crippen LogP contribution in [0.4, 0.5) is 5.82 Å². The topological polar surface area (TPSA) is 38.1 Å². The maximum absolute atomic E-state index is 11.9. The predicted molar refractivity (Wildman–Crippen MR) is 65.1 cm³/mol. The molecule has 0 radical (unpaired) electrons. The number of alkyl halides is 1. The second kappa shape index (κ2) is 4.45. The highest BCUT2D eigenvalue weighted by Crippen LogP contribution is 2.27. The van der Waals surface area contributed by atoms with Crippen LogP contribution in [0.1, 0.15) is 13.3 Å². The summed E-state index contributed by atoms with van der Waals surface area (Å²) >= 11 is 5.96. The number of anilines is 1. The number of rotatable bonds is 2. The van der Waals surface area contributed by atoms with Gasteiger partial charge in [0.25, 0.3) is 5.56 Å². The first-order valence-electron chi connectivity index (χ1n) is 5.49. The first kappa shape index (κ1) is 11.5. The summed E-state index contributed by atoms with van der Waals surface area (Å²) in [5.74, 6) is 1.59. The van der Waals surface area contributed by atoms with Crippen molar-refractivity contribution in [1.29, 1.82) is 0 Å². The van der Waals surface area contributed by atoms with E-state index in [2.05, 4.69) is 11.9 Å². The molecule has 1 aromatic heterocycles. The van der Waals surface area contributed by atoms with E-state index in [0.717, 1.165) is 13.0 Å². The third kappa shape index (κ3) is 1.82. The van der Waals surface area contributed by atoms with Crippen LogP contribution in [0.15, 0.2) is 17.2 Å². The molecule has 2 unspecified atom stereocenters. The summed E-state index contributed by atoms with van der Waals surface area (Å²) in [7, 11) is 1.74. The quantitative estimate of drug-likeness (QED) is 0.732. The van der Waals surface area contributed by atoms with Crippen molar-refractivity contribution in [3.8, 4) is 0 Å². The highest BCUT2D eigenvalue weighted by atomic mass is 35.5. The first-order chi connectivity index (χ1) is 7.65. The lowest BCUT2D eigenvalue weighted by Gasteiger charge is -2.25. The van der Waals surface area contributed by atoms with Crippen LogP contribution in [-0.4, -0.2) is 28.0 Å². The van der Waals surface area contributed by atoms with Gasteiger partial charge in [0.05, 0.1) is 0 Å². The van der Waals surface area contributed by atoms with E-state index in [1.165, 1.54) is 0 Å². The molecule has 5 heteroatoms. The number of aryl methyl sites for hydroxylation is 1.